The molecule has 0 spiro atoms. The molecule has 2 N–H and O–H groups in total. The standard InChI is InChI=1S/C14H17NO2S/c1-10-3-4-11(7-14(10)16)15-8-12-5-6-13(17-12)9-18-2/h3-7,15-16H,8-9H2,1-2H3. The van der Waals surface area contributed by atoms with Crippen molar-refractivity contribution in [2.24, 2.45) is 0 Å². The highest BCUT2D eigenvalue weighted by Crippen LogP contribution is 2.21. The summed E-state index contributed by atoms with van der Waals surface area (Å²) in [7, 11) is 0. The van der Waals surface area contributed by atoms with Crippen LogP contribution < -0.4 is 5.32 Å². The molecule has 4 heteroatoms. The van der Waals surface area contributed by atoms with Gasteiger partial charge in [-0.1, -0.05) is 6.07 Å². The van der Waals surface area contributed by atoms with Crippen LogP contribution in [0.15, 0.2) is 34.7 Å². The molecule has 3 nitrogen and oxygen atoms in total. The molecule has 0 amide bonds. The second-order valence-corrected chi connectivity index (χ2v) is 5.02. The van der Waals surface area contributed by atoms with E-state index < -0.39 is 0 Å². The van der Waals surface area contributed by atoms with Gasteiger partial charge in [0, 0.05) is 11.8 Å². The zero-order chi connectivity index (χ0) is 13.0. The van der Waals surface area contributed by atoms with E-state index in [0.717, 1.165) is 28.5 Å². The summed E-state index contributed by atoms with van der Waals surface area (Å²) in [6.07, 6.45) is 2.05. The number of aryl methyl sites for hydroxylation is 1. The van der Waals surface area contributed by atoms with Gasteiger partial charge in [0.05, 0.1) is 12.3 Å². The van der Waals surface area contributed by atoms with E-state index in [4.69, 9.17) is 4.42 Å². The minimum atomic E-state index is 0.308. The average Bonchev–Trinajstić information content (AvgIpc) is 2.79. The Morgan fingerprint density at radius 1 is 1.22 bits per heavy atom. The van der Waals surface area contributed by atoms with Gasteiger partial charge in [-0.05, 0) is 36.9 Å². The minimum Gasteiger partial charge on any atom is -0.508 e. The predicted molar refractivity (Wildman–Crippen MR) is 76.1 cm³/mol. The van der Waals surface area contributed by atoms with Crippen LogP contribution in [-0.2, 0) is 12.3 Å². The van der Waals surface area contributed by atoms with Gasteiger partial charge in [0.2, 0.25) is 0 Å². The molecule has 0 aliphatic carbocycles. The molecule has 2 aromatic rings. The second-order valence-electron chi connectivity index (χ2n) is 4.16. The second kappa shape index (κ2) is 5.87. The van der Waals surface area contributed by atoms with Crippen LogP contribution in [-0.4, -0.2) is 11.4 Å². The van der Waals surface area contributed by atoms with E-state index in [0.29, 0.717) is 12.3 Å². The van der Waals surface area contributed by atoms with Crippen LogP contribution in [0.3, 0.4) is 0 Å². The fraction of sp³-hybridized carbons (Fsp3) is 0.286. The van der Waals surface area contributed by atoms with Crippen molar-refractivity contribution >= 4 is 17.4 Å². The van der Waals surface area contributed by atoms with E-state index in [-0.39, 0.29) is 0 Å². The molecule has 0 radical (unpaired) electrons. The molecule has 1 aromatic carbocycles. The molecule has 0 atom stereocenters. The quantitative estimate of drug-likeness (QED) is 0.862. The Bertz CT molecular complexity index is 522. The van der Waals surface area contributed by atoms with Crippen LogP contribution in [0.4, 0.5) is 5.69 Å². The molecule has 0 unspecified atom stereocenters. The Kier molecular flexibility index (Phi) is 4.20. The summed E-state index contributed by atoms with van der Waals surface area (Å²) in [6.45, 7) is 2.50. The van der Waals surface area contributed by atoms with Crippen molar-refractivity contribution in [2.75, 3.05) is 11.6 Å². The SMILES string of the molecule is CSCc1ccc(CNc2ccc(C)c(O)c2)o1. The molecule has 0 saturated heterocycles. The van der Waals surface area contributed by atoms with Gasteiger partial charge in [-0.25, -0.2) is 0 Å². The van der Waals surface area contributed by atoms with Gasteiger partial charge in [0.15, 0.2) is 0 Å². The summed E-state index contributed by atoms with van der Waals surface area (Å²) in [5.74, 6) is 3.10. The fourth-order valence-corrected chi connectivity index (χ4v) is 2.09. The minimum absolute atomic E-state index is 0.308. The van der Waals surface area contributed by atoms with Gasteiger partial charge in [-0.3, -0.25) is 0 Å². The van der Waals surface area contributed by atoms with E-state index in [2.05, 4.69) is 11.6 Å². The molecule has 0 aliphatic heterocycles. The third-order valence-electron chi connectivity index (χ3n) is 2.68. The molecule has 1 aromatic heterocycles. The van der Waals surface area contributed by atoms with Gasteiger partial charge in [-0.15, -0.1) is 0 Å². The molecule has 0 saturated carbocycles. The van der Waals surface area contributed by atoms with E-state index >= 15 is 0 Å². The summed E-state index contributed by atoms with van der Waals surface area (Å²) >= 11 is 1.74. The number of nitrogens with one attached hydrogen (secondary N) is 1. The van der Waals surface area contributed by atoms with Crippen molar-refractivity contribution in [1.82, 2.24) is 0 Å². The molecular weight excluding hydrogens is 246 g/mol. The topological polar surface area (TPSA) is 45.4 Å². The maximum absolute atomic E-state index is 9.61. The molecule has 96 valence electrons. The number of phenolic OH excluding ortho intramolecular Hbond substituents is 1. The number of hydrogen-bond acceptors (Lipinski definition) is 4. The Balaban J connectivity index is 1.95. The largest absolute Gasteiger partial charge is 0.508 e. The summed E-state index contributed by atoms with van der Waals surface area (Å²) in [4.78, 5) is 0. The monoisotopic (exact) mass is 263 g/mol. The van der Waals surface area contributed by atoms with E-state index in [1.165, 1.54) is 0 Å². The maximum Gasteiger partial charge on any atom is 0.123 e. The lowest BCUT2D eigenvalue weighted by Crippen LogP contribution is -1.97. The maximum atomic E-state index is 9.61. The van der Waals surface area contributed by atoms with Crippen molar-refractivity contribution in [3.05, 3.63) is 47.4 Å². The summed E-state index contributed by atoms with van der Waals surface area (Å²) < 4.78 is 5.65. The fourth-order valence-electron chi connectivity index (χ4n) is 1.65. The van der Waals surface area contributed by atoms with E-state index in [9.17, 15) is 5.11 Å². The van der Waals surface area contributed by atoms with Crippen molar-refractivity contribution in [3.8, 4) is 5.75 Å². The van der Waals surface area contributed by atoms with Crippen molar-refractivity contribution in [2.45, 2.75) is 19.2 Å². The molecular formula is C14H17NO2S. The van der Waals surface area contributed by atoms with Gasteiger partial charge in [-0.2, -0.15) is 11.8 Å². The van der Waals surface area contributed by atoms with Crippen LogP contribution in [0.25, 0.3) is 0 Å². The molecule has 0 bridgehead atoms. The number of rotatable bonds is 5. The highest BCUT2D eigenvalue weighted by Gasteiger charge is 2.02. The van der Waals surface area contributed by atoms with Crippen molar-refractivity contribution in [3.63, 3.8) is 0 Å². The Morgan fingerprint density at radius 3 is 2.72 bits per heavy atom. The zero-order valence-corrected chi connectivity index (χ0v) is 11.4. The van der Waals surface area contributed by atoms with Crippen LogP contribution in [0.2, 0.25) is 0 Å². The van der Waals surface area contributed by atoms with Gasteiger partial charge in [0.25, 0.3) is 0 Å². The number of benzene rings is 1. The lowest BCUT2D eigenvalue weighted by atomic mass is 10.2. The number of hydrogen-bond donors (Lipinski definition) is 2. The van der Waals surface area contributed by atoms with Crippen LogP contribution in [0.1, 0.15) is 17.1 Å². The number of aromatic hydroxyl groups is 1. The lowest BCUT2D eigenvalue weighted by Gasteiger charge is -2.06. The first kappa shape index (κ1) is 12.9. The Morgan fingerprint density at radius 2 is 2.00 bits per heavy atom. The van der Waals surface area contributed by atoms with Crippen LogP contribution in [0, 0.1) is 6.92 Å². The van der Waals surface area contributed by atoms with Gasteiger partial charge >= 0.3 is 0 Å². The Labute approximate surface area is 111 Å². The predicted octanol–water partition coefficient (Wildman–Crippen LogP) is 3.77. The number of thioether (sulfide) groups is 1. The lowest BCUT2D eigenvalue weighted by molar-refractivity contribution is 0.471. The first-order chi connectivity index (χ1) is 8.69. The molecule has 0 fully saturated rings. The smallest absolute Gasteiger partial charge is 0.123 e. The van der Waals surface area contributed by atoms with Gasteiger partial charge < -0.3 is 14.8 Å². The Hall–Kier alpha value is -1.55. The molecule has 18 heavy (non-hydrogen) atoms. The van der Waals surface area contributed by atoms with Crippen molar-refractivity contribution < 1.29 is 9.52 Å². The summed E-state index contributed by atoms with van der Waals surface area (Å²) in [5.41, 5.74) is 1.77. The van der Waals surface area contributed by atoms with Crippen LogP contribution >= 0.6 is 11.8 Å². The number of furan rings is 1. The normalized spacial score (nSPS) is 10.6. The van der Waals surface area contributed by atoms with Crippen molar-refractivity contribution in [1.29, 1.82) is 0 Å². The van der Waals surface area contributed by atoms with E-state index in [1.54, 1.807) is 17.8 Å². The molecule has 0 aliphatic rings. The number of phenols is 1. The van der Waals surface area contributed by atoms with Gasteiger partial charge in [0.1, 0.15) is 17.3 Å². The third-order valence-corrected chi connectivity index (χ3v) is 3.25. The molecule has 1 heterocycles. The zero-order valence-electron chi connectivity index (χ0n) is 10.6. The average molecular weight is 263 g/mol. The number of anilines is 1. The summed E-state index contributed by atoms with van der Waals surface area (Å²) in [6, 6.07) is 9.54. The van der Waals surface area contributed by atoms with Crippen LogP contribution in [0.5, 0.6) is 5.75 Å². The van der Waals surface area contributed by atoms with E-state index in [1.807, 2.05) is 31.2 Å². The third kappa shape index (κ3) is 3.23. The summed E-state index contributed by atoms with van der Waals surface area (Å²) in [5, 5.41) is 12.8. The first-order valence-corrected chi connectivity index (χ1v) is 7.18. The molecule has 2 rings (SSSR count). The highest BCUT2D eigenvalue weighted by molar-refractivity contribution is 7.97. The first-order valence-electron chi connectivity index (χ1n) is 5.79. The highest BCUT2D eigenvalue weighted by atomic mass is 32.2.